The van der Waals surface area contributed by atoms with Gasteiger partial charge in [0.05, 0.1) is 11.7 Å². The maximum atomic E-state index is 12.9. The number of hydrogen-bond donors (Lipinski definition) is 2. The molecule has 0 bridgehead atoms. The van der Waals surface area contributed by atoms with Crippen molar-refractivity contribution in [3.63, 3.8) is 0 Å². The zero-order chi connectivity index (χ0) is 16.6. The zero-order valence-electron chi connectivity index (χ0n) is 12.5. The zero-order valence-corrected chi connectivity index (χ0v) is 14.2. The molecule has 1 aromatic carbocycles. The minimum atomic E-state index is -4.37. The molecule has 9 heteroatoms. The van der Waals surface area contributed by atoms with Crippen molar-refractivity contribution in [3.05, 3.63) is 46.5 Å². The Labute approximate surface area is 147 Å². The topological polar surface area (TPSA) is 62.4 Å². The van der Waals surface area contributed by atoms with Gasteiger partial charge < -0.3 is 10.8 Å². The molecular formula is C15H17ClF3N3OS. The molecule has 24 heavy (non-hydrogen) atoms. The molecule has 1 aromatic heterocycles. The number of rotatable bonds is 3. The van der Waals surface area contributed by atoms with Gasteiger partial charge in [0.15, 0.2) is 5.13 Å². The van der Waals surface area contributed by atoms with E-state index in [1.54, 1.807) is 12.3 Å². The number of nitrogen functional groups attached to an aromatic ring is 1. The second-order valence-corrected chi connectivity index (χ2v) is 6.77. The number of aromatic nitrogens is 1. The highest BCUT2D eigenvalue weighted by Gasteiger charge is 2.35. The van der Waals surface area contributed by atoms with E-state index in [1.165, 1.54) is 17.4 Å². The molecule has 0 saturated carbocycles. The Morgan fingerprint density at radius 1 is 1.38 bits per heavy atom. The van der Waals surface area contributed by atoms with Gasteiger partial charge in [0, 0.05) is 30.2 Å². The normalized spacial score (nSPS) is 21.7. The molecule has 1 aliphatic heterocycles. The van der Waals surface area contributed by atoms with E-state index in [0.29, 0.717) is 30.2 Å². The van der Waals surface area contributed by atoms with Gasteiger partial charge in [0.25, 0.3) is 0 Å². The summed E-state index contributed by atoms with van der Waals surface area (Å²) in [6.07, 6.45) is -2.85. The van der Waals surface area contributed by atoms with Crippen LogP contribution in [0.1, 0.15) is 28.5 Å². The van der Waals surface area contributed by atoms with Gasteiger partial charge in [-0.2, -0.15) is 13.2 Å². The number of alkyl halides is 3. The van der Waals surface area contributed by atoms with Crippen LogP contribution < -0.4 is 5.73 Å². The Morgan fingerprint density at radius 3 is 2.75 bits per heavy atom. The van der Waals surface area contributed by atoms with Crippen LogP contribution >= 0.6 is 23.7 Å². The molecule has 1 aliphatic rings. The quantitative estimate of drug-likeness (QED) is 0.857. The molecule has 3 rings (SSSR count). The smallest absolute Gasteiger partial charge is 0.392 e. The van der Waals surface area contributed by atoms with E-state index in [-0.39, 0.29) is 18.4 Å². The summed E-state index contributed by atoms with van der Waals surface area (Å²) >= 11 is 1.34. The Balaban J connectivity index is 0.00000208. The lowest BCUT2D eigenvalue weighted by Gasteiger charge is -2.24. The Morgan fingerprint density at radius 2 is 2.12 bits per heavy atom. The molecule has 3 N–H and O–H groups in total. The number of anilines is 1. The van der Waals surface area contributed by atoms with Crippen LogP contribution in [0.3, 0.4) is 0 Å². The number of aliphatic hydroxyl groups is 1. The van der Waals surface area contributed by atoms with Crippen molar-refractivity contribution in [2.75, 3.05) is 12.3 Å². The minimum absolute atomic E-state index is 0. The number of aliphatic hydroxyl groups excluding tert-OH is 1. The number of thiazole rings is 1. The van der Waals surface area contributed by atoms with Crippen LogP contribution in [0.15, 0.2) is 30.5 Å². The molecular weight excluding hydrogens is 363 g/mol. The third-order valence-electron chi connectivity index (χ3n) is 3.91. The minimum Gasteiger partial charge on any atom is -0.392 e. The van der Waals surface area contributed by atoms with Gasteiger partial charge in [-0.25, -0.2) is 4.98 Å². The first-order valence-corrected chi connectivity index (χ1v) is 7.94. The van der Waals surface area contributed by atoms with Gasteiger partial charge in [-0.3, -0.25) is 4.90 Å². The lowest BCUT2D eigenvalue weighted by Crippen LogP contribution is -2.24. The van der Waals surface area contributed by atoms with Crippen molar-refractivity contribution >= 4 is 28.9 Å². The maximum absolute atomic E-state index is 12.9. The van der Waals surface area contributed by atoms with Gasteiger partial charge >= 0.3 is 6.18 Å². The molecule has 2 atom stereocenters. The largest absolute Gasteiger partial charge is 0.416 e. The number of β-amino-alcohol motifs (C(OH)–C–C–N with tert-alkyl or cyclic N) is 1. The molecule has 2 aromatic rings. The number of likely N-dealkylation sites (tertiary alicyclic amines) is 1. The average molecular weight is 380 g/mol. The molecule has 2 unspecified atom stereocenters. The third-order valence-corrected chi connectivity index (χ3v) is 4.72. The molecule has 0 radical (unpaired) electrons. The summed E-state index contributed by atoms with van der Waals surface area (Å²) in [4.78, 5) is 6.87. The van der Waals surface area contributed by atoms with Gasteiger partial charge in [-0.15, -0.1) is 23.7 Å². The van der Waals surface area contributed by atoms with Crippen LogP contribution in [0.2, 0.25) is 0 Å². The van der Waals surface area contributed by atoms with Gasteiger partial charge in [0.1, 0.15) is 0 Å². The Kier molecular flexibility index (Phi) is 5.74. The molecule has 1 saturated heterocycles. The predicted molar refractivity (Wildman–Crippen MR) is 89.0 cm³/mol. The molecule has 2 heterocycles. The lowest BCUT2D eigenvalue weighted by molar-refractivity contribution is -0.137. The second-order valence-electron chi connectivity index (χ2n) is 5.62. The van der Waals surface area contributed by atoms with Crippen molar-refractivity contribution < 1.29 is 18.3 Å². The predicted octanol–water partition coefficient (Wildman–Crippen LogP) is 3.47. The van der Waals surface area contributed by atoms with Crippen molar-refractivity contribution in [2.45, 2.75) is 31.3 Å². The number of hydrogen-bond acceptors (Lipinski definition) is 5. The van der Waals surface area contributed by atoms with E-state index in [1.807, 2.05) is 4.90 Å². The van der Waals surface area contributed by atoms with Crippen molar-refractivity contribution in [2.24, 2.45) is 0 Å². The summed E-state index contributed by atoms with van der Waals surface area (Å²) in [5.41, 5.74) is 5.50. The first-order chi connectivity index (χ1) is 10.8. The van der Waals surface area contributed by atoms with Crippen LogP contribution in [-0.4, -0.2) is 27.6 Å². The van der Waals surface area contributed by atoms with Gasteiger partial charge in [0.2, 0.25) is 0 Å². The summed E-state index contributed by atoms with van der Waals surface area (Å²) < 4.78 is 38.7. The maximum Gasteiger partial charge on any atom is 0.416 e. The molecule has 0 amide bonds. The second kappa shape index (κ2) is 7.26. The van der Waals surface area contributed by atoms with Crippen molar-refractivity contribution in [1.82, 2.24) is 9.88 Å². The van der Waals surface area contributed by atoms with E-state index >= 15 is 0 Å². The van der Waals surface area contributed by atoms with Gasteiger partial charge in [-0.1, -0.05) is 12.1 Å². The van der Waals surface area contributed by atoms with E-state index in [4.69, 9.17) is 5.73 Å². The summed E-state index contributed by atoms with van der Waals surface area (Å²) in [6.45, 7) is 0.922. The van der Waals surface area contributed by atoms with E-state index in [0.717, 1.165) is 17.0 Å². The number of halogens is 4. The number of benzene rings is 1. The van der Waals surface area contributed by atoms with E-state index in [2.05, 4.69) is 4.98 Å². The van der Waals surface area contributed by atoms with Gasteiger partial charge in [-0.05, 0) is 24.1 Å². The van der Waals surface area contributed by atoms with Crippen molar-refractivity contribution in [3.8, 4) is 0 Å². The van der Waals surface area contributed by atoms with E-state index < -0.39 is 17.8 Å². The highest BCUT2D eigenvalue weighted by Crippen LogP contribution is 2.37. The molecule has 0 aliphatic carbocycles. The third kappa shape index (κ3) is 4.18. The summed E-state index contributed by atoms with van der Waals surface area (Å²) in [5, 5.41) is 10.4. The number of nitrogens with two attached hydrogens (primary N) is 1. The monoisotopic (exact) mass is 379 g/mol. The average Bonchev–Trinajstić information content (AvgIpc) is 3.04. The van der Waals surface area contributed by atoms with Crippen LogP contribution in [0.4, 0.5) is 18.3 Å². The number of nitrogens with zero attached hydrogens (tertiary/aromatic N) is 2. The SMILES string of the molecule is Cl.Nc1ncc(CN2CC(O)CC2c2cccc(C(F)(F)F)c2)s1. The Bertz CT molecular complexity index is 695. The Hall–Kier alpha value is -1.35. The van der Waals surface area contributed by atoms with Crippen LogP contribution in [-0.2, 0) is 12.7 Å². The highest BCUT2D eigenvalue weighted by molar-refractivity contribution is 7.15. The molecule has 1 fully saturated rings. The molecule has 0 spiro atoms. The van der Waals surface area contributed by atoms with Crippen LogP contribution in [0.25, 0.3) is 0 Å². The first kappa shape index (κ1) is 19.0. The fraction of sp³-hybridized carbons (Fsp3) is 0.400. The summed E-state index contributed by atoms with van der Waals surface area (Å²) in [7, 11) is 0. The molecule has 4 nitrogen and oxygen atoms in total. The fourth-order valence-corrected chi connectivity index (χ4v) is 3.63. The summed E-state index contributed by atoms with van der Waals surface area (Å²) in [5.74, 6) is 0. The van der Waals surface area contributed by atoms with E-state index in [9.17, 15) is 18.3 Å². The van der Waals surface area contributed by atoms with Crippen molar-refractivity contribution in [1.29, 1.82) is 0 Å². The molecule has 132 valence electrons. The lowest BCUT2D eigenvalue weighted by atomic mass is 10.0. The van der Waals surface area contributed by atoms with Crippen LogP contribution in [0.5, 0.6) is 0 Å². The standard InChI is InChI=1S/C15H16F3N3OS.ClH/c16-15(17,18)10-3-1-2-9(4-10)13-5-11(22)7-21(13)8-12-6-20-14(19)23-12;/h1-4,6,11,13,22H,5,7-8H2,(H2,19,20);1H. The summed E-state index contributed by atoms with van der Waals surface area (Å²) in [6, 6.07) is 5.05. The fourth-order valence-electron chi connectivity index (χ4n) is 2.92. The first-order valence-electron chi connectivity index (χ1n) is 7.12. The van der Waals surface area contributed by atoms with Crippen LogP contribution in [0, 0.1) is 0 Å². The highest BCUT2D eigenvalue weighted by atomic mass is 35.5.